The lowest BCUT2D eigenvalue weighted by atomic mass is 10.2. The Kier molecular flexibility index (Phi) is 4.15. The van der Waals surface area contributed by atoms with Gasteiger partial charge in [-0.05, 0) is 17.8 Å². The maximum Gasteiger partial charge on any atom is 0.409 e. The number of amides is 1. The maximum absolute atomic E-state index is 11.7. The molecule has 3 heterocycles. The zero-order valence-electron chi connectivity index (χ0n) is 14.8. The fraction of sp³-hybridized carbons (Fsp3) is 0.706. The Hall–Kier alpha value is -2.09. The molecule has 1 aromatic rings. The first-order valence-electron chi connectivity index (χ1n) is 8.90. The van der Waals surface area contributed by atoms with Crippen molar-refractivity contribution in [3.05, 3.63) is 22.6 Å². The third-order valence-electron chi connectivity index (χ3n) is 5.96. The number of hydrogen-bond acceptors (Lipinski definition) is 6. The van der Waals surface area contributed by atoms with E-state index in [0.29, 0.717) is 11.8 Å². The Morgan fingerprint density at radius 3 is 2.52 bits per heavy atom. The first kappa shape index (κ1) is 16.4. The van der Waals surface area contributed by atoms with Crippen LogP contribution in [0.15, 0.2) is 17.1 Å². The van der Waals surface area contributed by atoms with Crippen molar-refractivity contribution in [2.24, 2.45) is 24.8 Å². The van der Waals surface area contributed by atoms with Crippen molar-refractivity contribution >= 4 is 11.8 Å². The molecule has 1 saturated carbocycles. The molecule has 25 heavy (non-hydrogen) atoms. The van der Waals surface area contributed by atoms with E-state index in [0.717, 1.165) is 57.4 Å². The van der Waals surface area contributed by atoms with Crippen molar-refractivity contribution in [3.8, 4) is 0 Å². The average Bonchev–Trinajstić information content (AvgIpc) is 3.06. The number of rotatable bonds is 3. The zero-order valence-corrected chi connectivity index (χ0v) is 14.8. The van der Waals surface area contributed by atoms with Crippen LogP contribution in [0.2, 0.25) is 0 Å². The second-order valence-electron chi connectivity index (χ2n) is 7.33. The number of fused-ring (bicyclic) bond motifs is 1. The van der Waals surface area contributed by atoms with Crippen molar-refractivity contribution < 1.29 is 9.53 Å². The quantitative estimate of drug-likeness (QED) is 0.757. The monoisotopic (exact) mass is 347 g/mol. The van der Waals surface area contributed by atoms with Crippen molar-refractivity contribution in [3.63, 3.8) is 0 Å². The normalized spacial score (nSPS) is 28.8. The molecule has 1 unspecified atom stereocenters. The van der Waals surface area contributed by atoms with E-state index < -0.39 is 0 Å². The average molecular weight is 347 g/mol. The van der Waals surface area contributed by atoms with Gasteiger partial charge in [0.05, 0.1) is 19.0 Å². The highest BCUT2D eigenvalue weighted by Crippen LogP contribution is 2.52. The van der Waals surface area contributed by atoms with Gasteiger partial charge in [-0.1, -0.05) is 0 Å². The largest absolute Gasteiger partial charge is 0.453 e. The van der Waals surface area contributed by atoms with Gasteiger partial charge >= 0.3 is 6.09 Å². The molecule has 0 bridgehead atoms. The molecular formula is C17H25N5O3. The SMILES string of the molecule is COC(=O)N1C[C@@H]2C(CN3CCN(c4cnn(C)c(=O)c4)CC3)[C@@H]2C1. The van der Waals surface area contributed by atoms with Crippen LogP contribution in [0.3, 0.4) is 0 Å². The highest BCUT2D eigenvalue weighted by atomic mass is 16.5. The molecule has 1 amide bonds. The number of anilines is 1. The van der Waals surface area contributed by atoms with E-state index in [2.05, 4.69) is 14.9 Å². The van der Waals surface area contributed by atoms with Gasteiger partial charge in [-0.2, -0.15) is 5.10 Å². The molecule has 0 aromatic carbocycles. The van der Waals surface area contributed by atoms with Gasteiger partial charge in [0.2, 0.25) is 0 Å². The van der Waals surface area contributed by atoms with Crippen molar-refractivity contribution in [1.29, 1.82) is 0 Å². The van der Waals surface area contributed by atoms with E-state index in [1.54, 1.807) is 19.3 Å². The summed E-state index contributed by atoms with van der Waals surface area (Å²) in [6.07, 6.45) is 1.58. The molecule has 1 aliphatic carbocycles. The summed E-state index contributed by atoms with van der Waals surface area (Å²) in [5, 5.41) is 4.10. The lowest BCUT2D eigenvalue weighted by Crippen LogP contribution is -2.47. The lowest BCUT2D eigenvalue weighted by Gasteiger charge is -2.36. The van der Waals surface area contributed by atoms with Gasteiger partial charge in [0.25, 0.3) is 5.56 Å². The number of methoxy groups -OCH3 is 1. The minimum Gasteiger partial charge on any atom is -0.453 e. The Labute approximate surface area is 146 Å². The summed E-state index contributed by atoms with van der Waals surface area (Å²) in [5.41, 5.74) is 0.848. The summed E-state index contributed by atoms with van der Waals surface area (Å²) < 4.78 is 6.15. The number of piperazine rings is 1. The van der Waals surface area contributed by atoms with E-state index >= 15 is 0 Å². The Morgan fingerprint density at radius 2 is 1.92 bits per heavy atom. The summed E-state index contributed by atoms with van der Waals surface area (Å²) in [5.74, 6) is 2.02. The fourth-order valence-corrected chi connectivity index (χ4v) is 4.32. The summed E-state index contributed by atoms with van der Waals surface area (Å²) >= 11 is 0. The number of nitrogens with zero attached hydrogens (tertiary/aromatic N) is 5. The van der Waals surface area contributed by atoms with E-state index in [1.165, 1.54) is 11.8 Å². The lowest BCUT2D eigenvalue weighted by molar-refractivity contribution is 0.124. The molecule has 4 rings (SSSR count). The molecule has 3 aliphatic rings. The topological polar surface area (TPSA) is 70.9 Å². The number of carbonyl (C=O) groups is 1. The number of aryl methyl sites for hydroxylation is 1. The highest BCUT2D eigenvalue weighted by molar-refractivity contribution is 5.68. The molecule has 3 fully saturated rings. The molecule has 0 radical (unpaired) electrons. The molecule has 0 N–H and O–H groups in total. The van der Waals surface area contributed by atoms with Crippen LogP contribution in [0.4, 0.5) is 10.5 Å². The fourth-order valence-electron chi connectivity index (χ4n) is 4.32. The smallest absolute Gasteiger partial charge is 0.409 e. The van der Waals surface area contributed by atoms with Crippen molar-refractivity contribution in [1.82, 2.24) is 19.6 Å². The van der Waals surface area contributed by atoms with Crippen LogP contribution in [0, 0.1) is 17.8 Å². The van der Waals surface area contributed by atoms with Crippen LogP contribution >= 0.6 is 0 Å². The molecule has 2 aliphatic heterocycles. The Balaban J connectivity index is 1.25. The molecule has 1 aromatic heterocycles. The second kappa shape index (κ2) is 6.33. The summed E-state index contributed by atoms with van der Waals surface area (Å²) in [7, 11) is 3.11. The van der Waals surface area contributed by atoms with Crippen LogP contribution in [0.25, 0.3) is 0 Å². The van der Waals surface area contributed by atoms with E-state index in [9.17, 15) is 9.59 Å². The maximum atomic E-state index is 11.7. The van der Waals surface area contributed by atoms with Crippen LogP contribution in [0.5, 0.6) is 0 Å². The Morgan fingerprint density at radius 1 is 1.24 bits per heavy atom. The van der Waals surface area contributed by atoms with Gasteiger partial charge in [-0.25, -0.2) is 9.48 Å². The van der Waals surface area contributed by atoms with E-state index in [4.69, 9.17) is 4.74 Å². The number of likely N-dealkylation sites (tertiary alicyclic amines) is 1. The molecule has 8 heteroatoms. The van der Waals surface area contributed by atoms with Crippen LogP contribution in [0.1, 0.15) is 0 Å². The predicted molar refractivity (Wildman–Crippen MR) is 92.6 cm³/mol. The van der Waals surface area contributed by atoms with Gasteiger partial charge in [-0.15, -0.1) is 0 Å². The van der Waals surface area contributed by atoms with Crippen LogP contribution in [-0.2, 0) is 11.8 Å². The molecule has 8 nitrogen and oxygen atoms in total. The third-order valence-corrected chi connectivity index (χ3v) is 5.96. The van der Waals surface area contributed by atoms with Crippen molar-refractivity contribution in [2.45, 2.75) is 0 Å². The predicted octanol–water partition coefficient (Wildman–Crippen LogP) is -0.153. The summed E-state index contributed by atoms with van der Waals surface area (Å²) in [6.45, 7) is 6.67. The van der Waals surface area contributed by atoms with E-state index in [-0.39, 0.29) is 11.7 Å². The van der Waals surface area contributed by atoms with Crippen LogP contribution < -0.4 is 10.5 Å². The van der Waals surface area contributed by atoms with Gasteiger partial charge in [-0.3, -0.25) is 9.69 Å². The minimum atomic E-state index is -0.192. The van der Waals surface area contributed by atoms with Crippen molar-refractivity contribution in [2.75, 3.05) is 57.8 Å². The number of aromatic nitrogens is 2. The first-order valence-corrected chi connectivity index (χ1v) is 8.90. The molecule has 0 spiro atoms. The first-order chi connectivity index (χ1) is 12.1. The number of piperidine rings is 1. The summed E-state index contributed by atoms with van der Waals surface area (Å²) in [6, 6.07) is 1.66. The number of hydrogen-bond donors (Lipinski definition) is 0. The minimum absolute atomic E-state index is 0.0686. The molecule has 3 atom stereocenters. The van der Waals surface area contributed by atoms with Gasteiger partial charge in [0.15, 0.2) is 0 Å². The Bertz CT molecular complexity index is 700. The molecular weight excluding hydrogens is 322 g/mol. The number of ether oxygens (including phenoxy) is 1. The highest BCUT2D eigenvalue weighted by Gasteiger charge is 2.56. The van der Waals surface area contributed by atoms with Gasteiger partial charge in [0.1, 0.15) is 0 Å². The van der Waals surface area contributed by atoms with Gasteiger partial charge < -0.3 is 14.5 Å². The molecule has 136 valence electrons. The standard InChI is InChI=1S/C17H25N5O3/c1-19-16(23)7-12(8-18-19)21-5-3-20(4-6-21)9-13-14-10-22(11-15(13)14)17(24)25-2/h7-8,13-15H,3-6,9-11H2,1-2H3/t13?,14-,15+. The second-order valence-corrected chi connectivity index (χ2v) is 7.33. The zero-order chi connectivity index (χ0) is 17.6. The van der Waals surface area contributed by atoms with Crippen LogP contribution in [-0.4, -0.2) is 78.6 Å². The number of carbonyl (C=O) groups excluding carboxylic acids is 1. The van der Waals surface area contributed by atoms with E-state index in [1.807, 2.05) is 4.90 Å². The van der Waals surface area contributed by atoms with Gasteiger partial charge in [0, 0.05) is 58.9 Å². The molecule has 2 saturated heterocycles. The summed E-state index contributed by atoms with van der Waals surface area (Å²) in [4.78, 5) is 29.9. The third kappa shape index (κ3) is 3.10.